The second-order valence-electron chi connectivity index (χ2n) is 7.75. The zero-order valence-corrected chi connectivity index (χ0v) is 17.2. The first-order valence-electron chi connectivity index (χ1n) is 10.9. The number of hydrogen-bond donors (Lipinski definition) is 1. The molecule has 0 saturated carbocycles. The summed E-state index contributed by atoms with van der Waals surface area (Å²) in [5.74, 6) is 6.76. The standard InChI is InChI=1S/C25H37NO/c1-3-4-5-6-7-8-9-10-14-19-24-20-15-16-22(2)26(24)25(21-27)23-17-12-11-13-18-23/h9-13,17-18,22,24-25,27H,3-8,15-16,20-21H2,1-2H3/b10-9+/t22-,24-,25-/m0/s1. The monoisotopic (exact) mass is 367 g/mol. The van der Waals surface area contributed by atoms with E-state index in [0.717, 1.165) is 12.8 Å². The largest absolute Gasteiger partial charge is 0.394 e. The smallest absolute Gasteiger partial charge is 0.0726 e. The first kappa shape index (κ1) is 21.7. The fourth-order valence-corrected chi connectivity index (χ4v) is 4.08. The van der Waals surface area contributed by atoms with Crippen molar-refractivity contribution in [2.75, 3.05) is 6.61 Å². The molecule has 1 fully saturated rings. The predicted octanol–water partition coefficient (Wildman–Crippen LogP) is 5.88. The highest BCUT2D eigenvalue weighted by atomic mass is 16.3. The van der Waals surface area contributed by atoms with Crippen molar-refractivity contribution in [1.29, 1.82) is 0 Å². The molecule has 2 heteroatoms. The fraction of sp³-hybridized carbons (Fsp3) is 0.600. The molecule has 1 aromatic rings. The SMILES string of the molecule is CCCCCCC/C=C/C#C[C@H]1CCC[C@H](C)N1[C@@H](CO)c1ccccc1. The lowest BCUT2D eigenvalue weighted by molar-refractivity contribution is 0.0394. The summed E-state index contributed by atoms with van der Waals surface area (Å²) in [5.41, 5.74) is 1.18. The topological polar surface area (TPSA) is 23.5 Å². The number of nitrogens with zero attached hydrogens (tertiary/aromatic N) is 1. The van der Waals surface area contributed by atoms with Gasteiger partial charge in [0.05, 0.1) is 18.7 Å². The van der Waals surface area contributed by atoms with Crippen LogP contribution in [0.25, 0.3) is 0 Å². The van der Waals surface area contributed by atoms with Crippen LogP contribution in [0.5, 0.6) is 0 Å². The zero-order valence-electron chi connectivity index (χ0n) is 17.2. The van der Waals surface area contributed by atoms with Crippen LogP contribution in [0.3, 0.4) is 0 Å². The van der Waals surface area contributed by atoms with E-state index in [1.165, 1.54) is 50.5 Å². The van der Waals surface area contributed by atoms with Gasteiger partial charge in [0.2, 0.25) is 0 Å². The minimum absolute atomic E-state index is 0.0309. The highest BCUT2D eigenvalue weighted by Crippen LogP contribution is 2.32. The molecule has 1 N–H and O–H groups in total. The average molecular weight is 368 g/mol. The molecule has 2 rings (SSSR count). The number of unbranched alkanes of at least 4 members (excludes halogenated alkanes) is 5. The van der Waals surface area contributed by atoms with Gasteiger partial charge in [-0.25, -0.2) is 0 Å². The Morgan fingerprint density at radius 3 is 2.67 bits per heavy atom. The van der Waals surface area contributed by atoms with Gasteiger partial charge in [-0.05, 0) is 50.7 Å². The first-order chi connectivity index (χ1) is 13.3. The van der Waals surface area contributed by atoms with Crippen molar-refractivity contribution < 1.29 is 5.11 Å². The third kappa shape index (κ3) is 7.17. The molecule has 1 heterocycles. The number of rotatable bonds is 9. The van der Waals surface area contributed by atoms with Crippen LogP contribution in [0, 0.1) is 11.8 Å². The Bertz CT molecular complexity index is 598. The van der Waals surface area contributed by atoms with Crippen molar-refractivity contribution >= 4 is 0 Å². The number of piperidine rings is 1. The Hall–Kier alpha value is -1.56. The number of hydrogen-bond acceptors (Lipinski definition) is 2. The Kier molecular flexibility index (Phi) is 10.3. The van der Waals surface area contributed by atoms with Crippen molar-refractivity contribution in [2.45, 2.75) is 89.8 Å². The second-order valence-corrected chi connectivity index (χ2v) is 7.75. The highest BCUT2D eigenvalue weighted by molar-refractivity contribution is 5.24. The molecule has 3 atom stereocenters. The maximum absolute atomic E-state index is 10.1. The Balaban J connectivity index is 1.95. The first-order valence-corrected chi connectivity index (χ1v) is 10.9. The van der Waals surface area contributed by atoms with Crippen LogP contribution in [-0.2, 0) is 0 Å². The van der Waals surface area contributed by atoms with Gasteiger partial charge in [-0.2, -0.15) is 0 Å². The van der Waals surface area contributed by atoms with Crippen LogP contribution in [0.1, 0.15) is 83.2 Å². The van der Waals surface area contributed by atoms with Crippen molar-refractivity contribution in [2.24, 2.45) is 0 Å². The summed E-state index contributed by atoms with van der Waals surface area (Å²) in [6.45, 7) is 4.66. The molecule has 0 spiro atoms. The van der Waals surface area contributed by atoms with Gasteiger partial charge in [0.15, 0.2) is 0 Å². The Morgan fingerprint density at radius 1 is 1.15 bits per heavy atom. The third-order valence-electron chi connectivity index (χ3n) is 5.61. The van der Waals surface area contributed by atoms with E-state index in [1.54, 1.807) is 0 Å². The van der Waals surface area contributed by atoms with Gasteiger partial charge < -0.3 is 5.11 Å². The van der Waals surface area contributed by atoms with E-state index in [9.17, 15) is 5.11 Å². The predicted molar refractivity (Wildman–Crippen MR) is 116 cm³/mol. The highest BCUT2D eigenvalue weighted by Gasteiger charge is 2.33. The molecule has 1 aliphatic rings. The van der Waals surface area contributed by atoms with Crippen molar-refractivity contribution in [3.63, 3.8) is 0 Å². The molecule has 0 bridgehead atoms. The van der Waals surface area contributed by atoms with Crippen LogP contribution >= 0.6 is 0 Å². The summed E-state index contributed by atoms with van der Waals surface area (Å²) < 4.78 is 0. The number of benzene rings is 1. The Labute approximate surface area is 166 Å². The van der Waals surface area contributed by atoms with Crippen LogP contribution in [0.15, 0.2) is 42.5 Å². The molecule has 0 aromatic heterocycles. The van der Waals surface area contributed by atoms with Crippen LogP contribution in [-0.4, -0.2) is 28.7 Å². The molecule has 0 aliphatic carbocycles. The molecular weight excluding hydrogens is 330 g/mol. The normalized spacial score (nSPS) is 21.7. The summed E-state index contributed by atoms with van der Waals surface area (Å²) >= 11 is 0. The maximum atomic E-state index is 10.1. The molecular formula is C25H37NO. The number of allylic oxidation sites excluding steroid dienone is 2. The lowest BCUT2D eigenvalue weighted by Gasteiger charge is -2.43. The van der Waals surface area contributed by atoms with Gasteiger partial charge >= 0.3 is 0 Å². The maximum Gasteiger partial charge on any atom is 0.0726 e. The van der Waals surface area contributed by atoms with E-state index in [-0.39, 0.29) is 18.7 Å². The molecule has 1 aliphatic heterocycles. The molecule has 148 valence electrons. The van der Waals surface area contributed by atoms with Crippen molar-refractivity contribution in [3.05, 3.63) is 48.0 Å². The number of aliphatic hydroxyl groups is 1. The summed E-state index contributed by atoms with van der Waals surface area (Å²) in [5, 5.41) is 10.1. The molecule has 1 aromatic carbocycles. The average Bonchev–Trinajstić information content (AvgIpc) is 2.70. The fourth-order valence-electron chi connectivity index (χ4n) is 4.08. The quantitative estimate of drug-likeness (QED) is 0.435. The van der Waals surface area contributed by atoms with Gasteiger partial charge in [-0.3, -0.25) is 4.90 Å². The summed E-state index contributed by atoms with van der Waals surface area (Å²) in [7, 11) is 0. The second kappa shape index (κ2) is 12.8. The number of aliphatic hydroxyl groups excluding tert-OH is 1. The summed E-state index contributed by atoms with van der Waals surface area (Å²) in [6.07, 6.45) is 15.5. The van der Waals surface area contributed by atoms with Crippen molar-refractivity contribution in [1.82, 2.24) is 4.90 Å². The van der Waals surface area contributed by atoms with Gasteiger partial charge in [0.1, 0.15) is 0 Å². The van der Waals surface area contributed by atoms with Gasteiger partial charge in [0.25, 0.3) is 0 Å². The van der Waals surface area contributed by atoms with Gasteiger partial charge in [-0.1, -0.05) is 80.9 Å². The van der Waals surface area contributed by atoms with E-state index in [0.29, 0.717) is 6.04 Å². The van der Waals surface area contributed by atoms with E-state index >= 15 is 0 Å². The molecule has 0 unspecified atom stereocenters. The summed E-state index contributed by atoms with van der Waals surface area (Å²) in [6, 6.07) is 11.1. The van der Waals surface area contributed by atoms with Gasteiger partial charge in [-0.15, -0.1) is 0 Å². The Morgan fingerprint density at radius 2 is 1.93 bits per heavy atom. The van der Waals surface area contributed by atoms with Gasteiger partial charge in [0, 0.05) is 6.04 Å². The molecule has 0 radical (unpaired) electrons. The van der Waals surface area contributed by atoms with E-state index in [4.69, 9.17) is 0 Å². The number of likely N-dealkylation sites (tertiary alicyclic amines) is 1. The summed E-state index contributed by atoms with van der Waals surface area (Å²) in [4.78, 5) is 2.43. The lowest BCUT2D eigenvalue weighted by Crippen LogP contribution is -2.47. The molecule has 27 heavy (non-hydrogen) atoms. The molecule has 0 amide bonds. The minimum Gasteiger partial charge on any atom is -0.394 e. The molecule has 1 saturated heterocycles. The van der Waals surface area contributed by atoms with Crippen LogP contribution in [0.2, 0.25) is 0 Å². The van der Waals surface area contributed by atoms with E-state index in [1.807, 2.05) is 12.1 Å². The van der Waals surface area contributed by atoms with Crippen molar-refractivity contribution in [3.8, 4) is 11.8 Å². The lowest BCUT2D eigenvalue weighted by atomic mass is 9.92. The van der Waals surface area contributed by atoms with Crippen LogP contribution in [0.4, 0.5) is 0 Å². The minimum atomic E-state index is 0.0309. The zero-order chi connectivity index (χ0) is 19.3. The third-order valence-corrected chi connectivity index (χ3v) is 5.61. The van der Waals surface area contributed by atoms with E-state index < -0.39 is 0 Å². The molecule has 2 nitrogen and oxygen atoms in total. The van der Waals surface area contributed by atoms with E-state index in [2.05, 4.69) is 60.9 Å². The van der Waals surface area contributed by atoms with Crippen LogP contribution < -0.4 is 0 Å².